The zero-order valence-electron chi connectivity index (χ0n) is 14.6. The molecule has 0 atom stereocenters. The van der Waals surface area contributed by atoms with Gasteiger partial charge in [0.1, 0.15) is 4.90 Å². The standard InChI is InChI=1S/C15H20N4O5S/c1-9-14(10(2)19(3)17-9)25(21,22)18-16-15(20)11-6-7-12(23-4)13(8-11)24-5/h6-8,18H,1-5H3,(H,16,20). The summed E-state index contributed by atoms with van der Waals surface area (Å²) in [5, 5.41) is 4.06. The molecule has 25 heavy (non-hydrogen) atoms. The molecule has 0 aliphatic rings. The Morgan fingerprint density at radius 1 is 1.16 bits per heavy atom. The second-order valence-electron chi connectivity index (χ2n) is 5.25. The predicted octanol–water partition coefficient (Wildman–Crippen LogP) is 0.677. The number of nitrogens with zero attached hydrogens (tertiary/aromatic N) is 2. The van der Waals surface area contributed by atoms with E-state index in [1.807, 2.05) is 0 Å². The number of amides is 1. The molecule has 0 aliphatic carbocycles. The zero-order chi connectivity index (χ0) is 18.8. The van der Waals surface area contributed by atoms with E-state index >= 15 is 0 Å². The van der Waals surface area contributed by atoms with Gasteiger partial charge < -0.3 is 9.47 Å². The quantitative estimate of drug-likeness (QED) is 0.725. The van der Waals surface area contributed by atoms with Crippen molar-refractivity contribution in [2.75, 3.05) is 14.2 Å². The summed E-state index contributed by atoms with van der Waals surface area (Å²) in [7, 11) is 0.606. The molecule has 1 heterocycles. The molecule has 9 nitrogen and oxygen atoms in total. The van der Waals surface area contributed by atoms with Crippen LogP contribution in [0.3, 0.4) is 0 Å². The van der Waals surface area contributed by atoms with E-state index in [1.165, 1.54) is 31.0 Å². The lowest BCUT2D eigenvalue weighted by Crippen LogP contribution is -2.41. The molecule has 0 saturated heterocycles. The molecule has 0 fully saturated rings. The molecular weight excluding hydrogens is 348 g/mol. The number of carbonyl (C=O) groups excluding carboxylic acids is 1. The minimum atomic E-state index is -3.95. The summed E-state index contributed by atoms with van der Waals surface area (Å²) in [5.41, 5.74) is 3.19. The second-order valence-corrected chi connectivity index (χ2v) is 6.87. The van der Waals surface area contributed by atoms with Crippen LogP contribution in [-0.2, 0) is 17.1 Å². The van der Waals surface area contributed by atoms with Crippen LogP contribution in [0.1, 0.15) is 21.7 Å². The number of rotatable bonds is 6. The van der Waals surface area contributed by atoms with Crippen LogP contribution < -0.4 is 19.7 Å². The summed E-state index contributed by atoms with van der Waals surface area (Å²) < 4.78 is 36.5. The average molecular weight is 368 g/mol. The second kappa shape index (κ2) is 7.11. The molecule has 136 valence electrons. The summed E-state index contributed by atoms with van der Waals surface area (Å²) >= 11 is 0. The summed E-state index contributed by atoms with van der Waals surface area (Å²) in [6.45, 7) is 3.21. The number of aryl methyl sites for hydroxylation is 2. The molecule has 2 N–H and O–H groups in total. The van der Waals surface area contributed by atoms with Gasteiger partial charge in [0.2, 0.25) is 0 Å². The number of benzene rings is 1. The Balaban J connectivity index is 2.19. The first-order valence-corrected chi connectivity index (χ1v) is 8.74. The van der Waals surface area contributed by atoms with Crippen molar-refractivity contribution in [1.29, 1.82) is 0 Å². The number of ether oxygens (including phenoxy) is 2. The summed E-state index contributed by atoms with van der Waals surface area (Å²) in [5.74, 6) is 0.182. The van der Waals surface area contributed by atoms with E-state index in [4.69, 9.17) is 9.47 Å². The molecule has 1 aromatic heterocycles. The van der Waals surface area contributed by atoms with Crippen LogP contribution in [0.15, 0.2) is 23.1 Å². The zero-order valence-corrected chi connectivity index (χ0v) is 15.4. The predicted molar refractivity (Wildman–Crippen MR) is 90.0 cm³/mol. The van der Waals surface area contributed by atoms with Gasteiger partial charge in [-0.3, -0.25) is 14.9 Å². The van der Waals surface area contributed by atoms with Gasteiger partial charge in [-0.15, -0.1) is 4.83 Å². The van der Waals surface area contributed by atoms with Crippen LogP contribution in [0.4, 0.5) is 0 Å². The first kappa shape index (κ1) is 18.7. The summed E-state index contributed by atoms with van der Waals surface area (Å²) in [4.78, 5) is 14.3. The number of methoxy groups -OCH3 is 2. The molecule has 0 bridgehead atoms. The number of nitrogens with one attached hydrogen (secondary N) is 2. The van der Waals surface area contributed by atoms with E-state index in [9.17, 15) is 13.2 Å². The maximum absolute atomic E-state index is 12.4. The van der Waals surface area contributed by atoms with Crippen LogP contribution in [0.25, 0.3) is 0 Å². The Morgan fingerprint density at radius 3 is 2.32 bits per heavy atom. The maximum atomic E-state index is 12.4. The lowest BCUT2D eigenvalue weighted by atomic mass is 10.2. The van der Waals surface area contributed by atoms with Gasteiger partial charge in [0.05, 0.1) is 25.6 Å². The molecule has 0 aliphatic heterocycles. The van der Waals surface area contributed by atoms with Gasteiger partial charge >= 0.3 is 0 Å². The van der Waals surface area contributed by atoms with E-state index in [0.29, 0.717) is 22.9 Å². The minimum Gasteiger partial charge on any atom is -0.493 e. The largest absolute Gasteiger partial charge is 0.493 e. The Hall–Kier alpha value is -2.59. The minimum absolute atomic E-state index is 0.0302. The molecule has 1 amide bonds. The topological polar surface area (TPSA) is 112 Å². The smallest absolute Gasteiger partial charge is 0.266 e. The Morgan fingerprint density at radius 2 is 1.80 bits per heavy atom. The van der Waals surface area contributed by atoms with Crippen LogP contribution in [-0.4, -0.2) is 38.3 Å². The first-order valence-electron chi connectivity index (χ1n) is 7.25. The van der Waals surface area contributed by atoms with Crippen LogP contribution in [0, 0.1) is 13.8 Å². The maximum Gasteiger partial charge on any atom is 0.266 e. The van der Waals surface area contributed by atoms with Crippen molar-refractivity contribution in [3.05, 3.63) is 35.2 Å². The molecule has 2 rings (SSSR count). The van der Waals surface area contributed by atoms with Gasteiger partial charge in [-0.1, -0.05) is 0 Å². The third-order valence-electron chi connectivity index (χ3n) is 3.66. The molecule has 0 saturated carbocycles. The van der Waals surface area contributed by atoms with Crippen LogP contribution in [0.2, 0.25) is 0 Å². The van der Waals surface area contributed by atoms with Gasteiger partial charge in [-0.25, -0.2) is 8.42 Å². The van der Waals surface area contributed by atoms with Gasteiger partial charge in [-0.2, -0.15) is 5.10 Å². The summed E-state index contributed by atoms with van der Waals surface area (Å²) in [6.07, 6.45) is 0. The summed E-state index contributed by atoms with van der Waals surface area (Å²) in [6, 6.07) is 4.49. The van der Waals surface area contributed by atoms with E-state index < -0.39 is 15.9 Å². The highest BCUT2D eigenvalue weighted by molar-refractivity contribution is 7.89. The van der Waals surface area contributed by atoms with Gasteiger partial charge in [0, 0.05) is 12.6 Å². The van der Waals surface area contributed by atoms with Crippen LogP contribution in [0.5, 0.6) is 11.5 Å². The number of hydrogen-bond donors (Lipinski definition) is 2. The van der Waals surface area contributed by atoms with Gasteiger partial charge in [-0.05, 0) is 32.0 Å². The monoisotopic (exact) mass is 368 g/mol. The number of hydrogen-bond acceptors (Lipinski definition) is 6. The Bertz CT molecular complexity index is 905. The highest BCUT2D eigenvalue weighted by atomic mass is 32.2. The molecule has 0 spiro atoms. The fourth-order valence-electron chi connectivity index (χ4n) is 2.36. The van der Waals surface area contributed by atoms with Crippen molar-refractivity contribution in [2.24, 2.45) is 7.05 Å². The van der Waals surface area contributed by atoms with Crippen molar-refractivity contribution in [2.45, 2.75) is 18.7 Å². The lowest BCUT2D eigenvalue weighted by molar-refractivity contribution is 0.0944. The molecule has 1 aromatic carbocycles. The Kier molecular flexibility index (Phi) is 5.33. The fraction of sp³-hybridized carbons (Fsp3) is 0.333. The molecular formula is C15H20N4O5S. The van der Waals surface area contributed by atoms with Crippen molar-refractivity contribution < 1.29 is 22.7 Å². The normalized spacial score (nSPS) is 11.2. The highest BCUT2D eigenvalue weighted by Gasteiger charge is 2.24. The Labute approximate surface area is 146 Å². The van der Waals surface area contributed by atoms with E-state index in [-0.39, 0.29) is 10.5 Å². The van der Waals surface area contributed by atoms with Crippen molar-refractivity contribution in [3.8, 4) is 11.5 Å². The van der Waals surface area contributed by atoms with E-state index in [1.54, 1.807) is 27.0 Å². The van der Waals surface area contributed by atoms with E-state index in [0.717, 1.165) is 0 Å². The van der Waals surface area contributed by atoms with Crippen molar-refractivity contribution >= 4 is 15.9 Å². The SMILES string of the molecule is COc1ccc(C(=O)NNS(=O)(=O)c2c(C)nn(C)c2C)cc1OC. The van der Waals surface area contributed by atoms with Gasteiger partial charge in [0.25, 0.3) is 15.9 Å². The highest BCUT2D eigenvalue weighted by Crippen LogP contribution is 2.27. The number of aromatic nitrogens is 2. The lowest BCUT2D eigenvalue weighted by Gasteiger charge is -2.11. The molecule has 2 aromatic rings. The first-order chi connectivity index (χ1) is 11.7. The van der Waals surface area contributed by atoms with Gasteiger partial charge in [0.15, 0.2) is 11.5 Å². The third-order valence-corrected chi connectivity index (χ3v) is 5.16. The average Bonchev–Trinajstić information content (AvgIpc) is 2.84. The fourth-order valence-corrected chi connectivity index (χ4v) is 3.64. The molecule has 0 unspecified atom stereocenters. The van der Waals surface area contributed by atoms with Crippen LogP contribution >= 0.6 is 0 Å². The van der Waals surface area contributed by atoms with E-state index in [2.05, 4.69) is 15.4 Å². The number of carbonyl (C=O) groups is 1. The molecule has 10 heteroatoms. The van der Waals surface area contributed by atoms with Crippen molar-refractivity contribution in [1.82, 2.24) is 20.0 Å². The number of sulfonamides is 1. The van der Waals surface area contributed by atoms with Crippen molar-refractivity contribution in [3.63, 3.8) is 0 Å². The molecule has 0 radical (unpaired) electrons. The number of hydrazine groups is 1. The third kappa shape index (κ3) is 3.74.